The van der Waals surface area contributed by atoms with Gasteiger partial charge in [0, 0.05) is 4.47 Å². The van der Waals surface area contributed by atoms with Crippen molar-refractivity contribution < 1.29 is 9.47 Å². The lowest BCUT2D eigenvalue weighted by atomic mass is 10.2. The van der Waals surface area contributed by atoms with Gasteiger partial charge in [-0.2, -0.15) is 0 Å². The van der Waals surface area contributed by atoms with Crippen LogP contribution in [0.3, 0.4) is 0 Å². The van der Waals surface area contributed by atoms with Crippen LogP contribution in [0.15, 0.2) is 16.6 Å². The number of hydrogen-bond donors (Lipinski definition) is 1. The fraction of sp³-hybridized carbons (Fsp3) is 0.462. The first-order valence-electron chi connectivity index (χ1n) is 5.90. The van der Waals surface area contributed by atoms with Crippen molar-refractivity contribution in [3.05, 3.63) is 22.2 Å². The van der Waals surface area contributed by atoms with Crippen LogP contribution in [0.25, 0.3) is 0 Å². The van der Waals surface area contributed by atoms with Crippen LogP contribution in [0.2, 0.25) is 0 Å². The maximum atomic E-state index is 5.76. The molecule has 1 aromatic carbocycles. The molecule has 100 valence electrons. The molecule has 5 heteroatoms. The summed E-state index contributed by atoms with van der Waals surface area (Å²) in [5.41, 5.74) is 6.41. The summed E-state index contributed by atoms with van der Waals surface area (Å²) in [5, 5.41) is 0. The highest BCUT2D eigenvalue weighted by molar-refractivity contribution is 9.10. The topological polar surface area (TPSA) is 44.5 Å². The molecular formula is C13H18BrNO2S. The quantitative estimate of drug-likeness (QED) is 0.611. The highest BCUT2D eigenvalue weighted by Crippen LogP contribution is 2.35. The lowest BCUT2D eigenvalue weighted by molar-refractivity contribution is 0.285. The lowest BCUT2D eigenvalue weighted by Crippen LogP contribution is -2.13. The van der Waals surface area contributed by atoms with Crippen LogP contribution in [0.4, 0.5) is 0 Å². The molecule has 0 aliphatic carbocycles. The molecular weight excluding hydrogens is 314 g/mol. The Morgan fingerprint density at radius 3 is 2.67 bits per heavy atom. The van der Waals surface area contributed by atoms with E-state index in [1.54, 1.807) is 7.11 Å². The minimum absolute atomic E-state index is 0.306. The zero-order valence-corrected chi connectivity index (χ0v) is 13.1. The van der Waals surface area contributed by atoms with E-state index in [-0.39, 0.29) is 0 Å². The number of hydrogen-bond acceptors (Lipinski definition) is 3. The number of methoxy groups -OCH3 is 1. The average molecular weight is 332 g/mol. The van der Waals surface area contributed by atoms with E-state index in [4.69, 9.17) is 27.4 Å². The van der Waals surface area contributed by atoms with E-state index < -0.39 is 0 Å². The summed E-state index contributed by atoms with van der Waals surface area (Å²) in [6.07, 6.45) is 3.30. The van der Waals surface area contributed by atoms with Crippen molar-refractivity contribution in [1.29, 1.82) is 0 Å². The zero-order chi connectivity index (χ0) is 13.5. The number of rotatable bonds is 7. The van der Waals surface area contributed by atoms with Gasteiger partial charge in [0.1, 0.15) is 4.99 Å². The number of nitrogens with two attached hydrogens (primary N) is 1. The second-order valence-electron chi connectivity index (χ2n) is 3.90. The lowest BCUT2D eigenvalue weighted by Gasteiger charge is -2.15. The van der Waals surface area contributed by atoms with E-state index in [0.717, 1.165) is 23.7 Å². The molecule has 0 unspecified atom stereocenters. The second kappa shape index (κ2) is 7.59. The molecule has 0 spiro atoms. The molecule has 0 fully saturated rings. The predicted octanol–water partition coefficient (Wildman–Crippen LogP) is 3.66. The van der Waals surface area contributed by atoms with Crippen molar-refractivity contribution in [2.45, 2.75) is 26.2 Å². The molecule has 0 radical (unpaired) electrons. The molecule has 0 amide bonds. The van der Waals surface area contributed by atoms with Crippen molar-refractivity contribution in [2.75, 3.05) is 13.7 Å². The Morgan fingerprint density at radius 2 is 2.11 bits per heavy atom. The summed E-state index contributed by atoms with van der Waals surface area (Å²) < 4.78 is 11.9. The SMILES string of the molecule is CCCCCOc1c(OC)cc(Br)cc1C(N)=S. The van der Waals surface area contributed by atoms with E-state index in [0.29, 0.717) is 28.7 Å². The molecule has 0 saturated heterocycles. The molecule has 0 atom stereocenters. The Balaban J connectivity index is 2.94. The van der Waals surface area contributed by atoms with Crippen LogP contribution in [0.1, 0.15) is 31.7 Å². The van der Waals surface area contributed by atoms with Gasteiger partial charge in [-0.25, -0.2) is 0 Å². The molecule has 0 aliphatic heterocycles. The monoisotopic (exact) mass is 331 g/mol. The number of thiocarbonyl (C=S) groups is 1. The molecule has 2 N–H and O–H groups in total. The molecule has 0 aromatic heterocycles. The third-order valence-corrected chi connectivity index (χ3v) is 3.18. The Kier molecular flexibility index (Phi) is 6.43. The second-order valence-corrected chi connectivity index (χ2v) is 5.26. The van der Waals surface area contributed by atoms with Crippen LogP contribution in [-0.2, 0) is 0 Å². The highest BCUT2D eigenvalue weighted by atomic mass is 79.9. The van der Waals surface area contributed by atoms with Crippen molar-refractivity contribution in [2.24, 2.45) is 5.73 Å². The molecule has 1 rings (SSSR count). The van der Waals surface area contributed by atoms with Gasteiger partial charge in [-0.15, -0.1) is 0 Å². The molecule has 18 heavy (non-hydrogen) atoms. The summed E-state index contributed by atoms with van der Waals surface area (Å²) in [6.45, 7) is 2.79. The summed E-state index contributed by atoms with van der Waals surface area (Å²) in [6, 6.07) is 3.69. The smallest absolute Gasteiger partial charge is 0.171 e. The number of benzene rings is 1. The van der Waals surface area contributed by atoms with Gasteiger partial charge in [0.05, 0.1) is 19.3 Å². The maximum absolute atomic E-state index is 5.76. The first kappa shape index (κ1) is 15.2. The fourth-order valence-corrected chi connectivity index (χ4v) is 2.17. The van der Waals surface area contributed by atoms with Crippen LogP contribution < -0.4 is 15.2 Å². The molecule has 0 saturated carbocycles. The van der Waals surface area contributed by atoms with Crippen molar-refractivity contribution in [1.82, 2.24) is 0 Å². The minimum Gasteiger partial charge on any atom is -0.493 e. The molecule has 3 nitrogen and oxygen atoms in total. The van der Waals surface area contributed by atoms with Crippen LogP contribution in [-0.4, -0.2) is 18.7 Å². The van der Waals surface area contributed by atoms with E-state index in [2.05, 4.69) is 22.9 Å². The van der Waals surface area contributed by atoms with E-state index >= 15 is 0 Å². The maximum Gasteiger partial charge on any atom is 0.171 e. The summed E-state index contributed by atoms with van der Waals surface area (Å²) in [4.78, 5) is 0.306. The number of halogens is 1. The van der Waals surface area contributed by atoms with E-state index in [1.165, 1.54) is 0 Å². The zero-order valence-electron chi connectivity index (χ0n) is 10.7. The van der Waals surface area contributed by atoms with Gasteiger partial charge in [-0.1, -0.05) is 47.9 Å². The van der Waals surface area contributed by atoms with Crippen molar-refractivity contribution in [3.63, 3.8) is 0 Å². The van der Waals surface area contributed by atoms with Crippen LogP contribution in [0, 0.1) is 0 Å². The largest absolute Gasteiger partial charge is 0.493 e. The van der Waals surface area contributed by atoms with Gasteiger partial charge >= 0.3 is 0 Å². The minimum atomic E-state index is 0.306. The van der Waals surface area contributed by atoms with Gasteiger partial charge in [0.25, 0.3) is 0 Å². The Labute approximate surface area is 122 Å². The molecule has 0 heterocycles. The third kappa shape index (κ3) is 4.14. The Morgan fingerprint density at radius 1 is 1.39 bits per heavy atom. The molecule has 0 bridgehead atoms. The fourth-order valence-electron chi connectivity index (χ4n) is 1.58. The first-order valence-corrected chi connectivity index (χ1v) is 7.10. The number of ether oxygens (including phenoxy) is 2. The third-order valence-electron chi connectivity index (χ3n) is 2.50. The summed E-state index contributed by atoms with van der Waals surface area (Å²) in [7, 11) is 1.60. The van der Waals surface area contributed by atoms with Gasteiger partial charge in [0.15, 0.2) is 11.5 Å². The van der Waals surface area contributed by atoms with Gasteiger partial charge in [-0.05, 0) is 18.6 Å². The average Bonchev–Trinajstić information content (AvgIpc) is 2.34. The molecule has 1 aromatic rings. The predicted molar refractivity (Wildman–Crippen MR) is 81.6 cm³/mol. The van der Waals surface area contributed by atoms with Gasteiger partial charge < -0.3 is 15.2 Å². The Hall–Kier alpha value is -0.810. The summed E-state index contributed by atoms with van der Waals surface area (Å²) in [5.74, 6) is 1.27. The first-order chi connectivity index (χ1) is 8.60. The van der Waals surface area contributed by atoms with E-state index in [1.807, 2.05) is 12.1 Å². The normalized spacial score (nSPS) is 10.2. The van der Waals surface area contributed by atoms with E-state index in [9.17, 15) is 0 Å². The standard InChI is InChI=1S/C13H18BrNO2S/c1-3-4-5-6-17-12-10(13(15)18)7-9(14)8-11(12)16-2/h7-8H,3-6H2,1-2H3,(H2,15,18). The van der Waals surface area contributed by atoms with Crippen molar-refractivity contribution in [3.8, 4) is 11.5 Å². The Bertz CT molecular complexity index is 424. The van der Waals surface area contributed by atoms with Gasteiger partial charge in [0.2, 0.25) is 0 Å². The number of unbranched alkanes of at least 4 members (excludes halogenated alkanes) is 2. The van der Waals surface area contributed by atoms with Crippen LogP contribution in [0.5, 0.6) is 11.5 Å². The summed E-state index contributed by atoms with van der Waals surface area (Å²) >= 11 is 8.44. The van der Waals surface area contributed by atoms with Crippen LogP contribution >= 0.6 is 28.1 Å². The van der Waals surface area contributed by atoms with Crippen molar-refractivity contribution >= 4 is 33.1 Å². The molecule has 0 aliphatic rings. The van der Waals surface area contributed by atoms with Gasteiger partial charge in [-0.3, -0.25) is 0 Å². The highest BCUT2D eigenvalue weighted by Gasteiger charge is 2.14.